The molecule has 0 unspecified atom stereocenters. The van der Waals surface area contributed by atoms with Crippen molar-refractivity contribution in [2.24, 2.45) is 0 Å². The molecule has 21 heteroatoms. The molecule has 1 aromatic carbocycles. The highest BCUT2D eigenvalue weighted by molar-refractivity contribution is 7.52. The Morgan fingerprint density at radius 2 is 1.65 bits per heavy atom. The third-order valence-corrected chi connectivity index (χ3v) is 9.31. The lowest BCUT2D eigenvalue weighted by Crippen LogP contribution is -2.50. The Morgan fingerprint density at radius 1 is 1.00 bits per heavy atom. The van der Waals surface area contributed by atoms with E-state index < -0.39 is 81.5 Å². The van der Waals surface area contributed by atoms with Gasteiger partial charge in [-0.05, 0) is 45.0 Å². The van der Waals surface area contributed by atoms with Gasteiger partial charge in [0, 0.05) is 14.2 Å². The third-order valence-electron chi connectivity index (χ3n) is 7.69. The monoisotopic (exact) mass is 792 g/mol. The van der Waals surface area contributed by atoms with Crippen molar-refractivity contribution in [2.45, 2.75) is 56.8 Å². The Bertz CT molecular complexity index is 1820. The maximum atomic E-state index is 14.5. The number of rotatable bonds is 22. The molecule has 20 nitrogen and oxygen atoms in total. The standard InChI is InChI=1S/C34H45N6O14P/c1-22(2)50-33(43)23(3)39-55(44,54-24-9-7-6-8-10-24)49-20-34(19-35)31(52-28(42)18-48-16-14-46-5)30(51-27(41)17-47-15-13-45-4)29(53-34)25-11-12-26-32(36)37-21-38-40(25)26/h6-12,21-23,29-31H,13-18,20H2,1-5H3,(H,39,44)(H2,36,37,38)/t23-,29-,30-,31-,34+,55-/m0/s1. The maximum absolute atomic E-state index is 14.5. The second-order valence-electron chi connectivity index (χ2n) is 12.2. The predicted octanol–water partition coefficient (Wildman–Crippen LogP) is 1.93. The number of nitrogens with two attached hydrogens (primary N) is 1. The van der Waals surface area contributed by atoms with Gasteiger partial charge in [0.05, 0.1) is 38.2 Å². The molecule has 0 spiro atoms. The SMILES string of the molecule is COCCOCC(=O)O[C@H]1[C@H](c2ccc3c(N)ncnn23)O[C@](C#N)(CO[P@@](=O)(N[C@@H](C)C(=O)OC(C)C)Oc2ccccc2)[C@H]1OC(=O)COCCOC. The molecule has 0 saturated carbocycles. The average molecular weight is 793 g/mol. The summed E-state index contributed by atoms with van der Waals surface area (Å²) in [6.07, 6.45) is -4.08. The van der Waals surface area contributed by atoms with Crippen LogP contribution in [-0.2, 0) is 61.4 Å². The molecule has 1 aliphatic heterocycles. The van der Waals surface area contributed by atoms with Crippen LogP contribution in [0.15, 0.2) is 48.8 Å². The summed E-state index contributed by atoms with van der Waals surface area (Å²) < 4.78 is 71.3. The number of carbonyl (C=O) groups excluding carboxylic acids is 3. The number of nitrogen functional groups attached to an aromatic ring is 1. The molecule has 3 N–H and O–H groups in total. The van der Waals surface area contributed by atoms with Crippen LogP contribution in [0.4, 0.5) is 5.82 Å². The Labute approximate surface area is 316 Å². The molecule has 2 aromatic heterocycles. The molecule has 300 valence electrons. The molecule has 0 aliphatic carbocycles. The van der Waals surface area contributed by atoms with Crippen LogP contribution in [0.5, 0.6) is 5.75 Å². The Morgan fingerprint density at radius 3 is 2.27 bits per heavy atom. The van der Waals surface area contributed by atoms with E-state index in [1.165, 1.54) is 50.2 Å². The fourth-order valence-corrected chi connectivity index (χ4v) is 6.72. The minimum atomic E-state index is -4.63. The van der Waals surface area contributed by atoms with E-state index in [9.17, 15) is 24.2 Å². The number of fused-ring (bicyclic) bond motifs is 1. The first-order chi connectivity index (χ1) is 26.3. The number of nitriles is 1. The van der Waals surface area contributed by atoms with Gasteiger partial charge < -0.3 is 48.2 Å². The van der Waals surface area contributed by atoms with Gasteiger partial charge in [0.1, 0.15) is 55.6 Å². The minimum Gasteiger partial charge on any atom is -0.462 e. The van der Waals surface area contributed by atoms with Crippen LogP contribution < -0.4 is 15.3 Å². The molecule has 6 atom stereocenters. The number of nitrogens with one attached hydrogen (secondary N) is 1. The normalized spacial score (nSPS) is 21.1. The van der Waals surface area contributed by atoms with Crippen LogP contribution in [0.1, 0.15) is 32.6 Å². The molecule has 3 heterocycles. The molecular weight excluding hydrogens is 747 g/mol. The first-order valence-electron chi connectivity index (χ1n) is 17.0. The predicted molar refractivity (Wildman–Crippen MR) is 189 cm³/mol. The van der Waals surface area contributed by atoms with Crippen LogP contribution in [0.3, 0.4) is 0 Å². The molecule has 1 fully saturated rings. The number of aromatic nitrogens is 3. The van der Waals surface area contributed by atoms with E-state index in [-0.39, 0.29) is 43.7 Å². The van der Waals surface area contributed by atoms with Crippen molar-refractivity contribution in [1.29, 1.82) is 5.26 Å². The molecule has 4 rings (SSSR count). The van der Waals surface area contributed by atoms with E-state index in [0.29, 0.717) is 5.52 Å². The number of methoxy groups -OCH3 is 2. The summed E-state index contributed by atoms with van der Waals surface area (Å²) in [5, 5.41) is 17.7. The quantitative estimate of drug-likeness (QED) is 0.0638. The van der Waals surface area contributed by atoms with Crippen LogP contribution >= 0.6 is 7.75 Å². The summed E-state index contributed by atoms with van der Waals surface area (Å²) in [7, 11) is -1.72. The topological polar surface area (TPSA) is 253 Å². The zero-order chi connectivity index (χ0) is 40.0. The smallest absolute Gasteiger partial charge is 0.459 e. The highest BCUT2D eigenvalue weighted by Crippen LogP contribution is 2.50. The lowest BCUT2D eigenvalue weighted by Gasteiger charge is -2.30. The van der Waals surface area contributed by atoms with E-state index in [1.807, 2.05) is 6.07 Å². The molecule has 1 aliphatic rings. The fourth-order valence-electron chi connectivity index (χ4n) is 5.20. The zero-order valence-corrected chi connectivity index (χ0v) is 31.9. The van der Waals surface area contributed by atoms with Crippen LogP contribution in [-0.4, -0.2) is 123 Å². The first kappa shape index (κ1) is 43.0. The second-order valence-corrected chi connectivity index (χ2v) is 13.9. The molecule has 55 heavy (non-hydrogen) atoms. The number of nitrogens with zero attached hydrogens (tertiary/aromatic N) is 4. The first-order valence-corrected chi connectivity index (χ1v) is 18.6. The summed E-state index contributed by atoms with van der Waals surface area (Å²) >= 11 is 0. The number of esters is 3. The number of carbonyl (C=O) groups is 3. The molecule has 0 bridgehead atoms. The Balaban J connectivity index is 1.76. The van der Waals surface area contributed by atoms with Gasteiger partial charge in [-0.15, -0.1) is 0 Å². The number of para-hydroxylation sites is 1. The lowest BCUT2D eigenvalue weighted by molar-refractivity contribution is -0.175. The van der Waals surface area contributed by atoms with Gasteiger partial charge in [-0.3, -0.25) is 9.32 Å². The lowest BCUT2D eigenvalue weighted by atomic mass is 9.95. The average Bonchev–Trinajstić information content (AvgIpc) is 3.71. The third kappa shape index (κ3) is 11.6. The van der Waals surface area contributed by atoms with Crippen molar-refractivity contribution in [3.05, 3.63) is 54.5 Å². The van der Waals surface area contributed by atoms with Crippen molar-refractivity contribution in [2.75, 3.05) is 66.2 Å². The van der Waals surface area contributed by atoms with Crippen LogP contribution in [0, 0.1) is 11.3 Å². The summed E-state index contributed by atoms with van der Waals surface area (Å²) in [5.74, 6) is -2.51. The van der Waals surface area contributed by atoms with Crippen LogP contribution in [0.2, 0.25) is 0 Å². The summed E-state index contributed by atoms with van der Waals surface area (Å²) in [5.41, 5.74) is 4.24. The Kier molecular flexibility index (Phi) is 15.9. The van der Waals surface area contributed by atoms with Gasteiger partial charge in [-0.1, -0.05) is 18.2 Å². The minimum absolute atomic E-state index is 0.0273. The molecule has 3 aromatic rings. The van der Waals surface area contributed by atoms with E-state index in [2.05, 4.69) is 15.2 Å². The van der Waals surface area contributed by atoms with Gasteiger partial charge in [0.2, 0.25) is 5.60 Å². The highest BCUT2D eigenvalue weighted by atomic mass is 31.2. The van der Waals surface area contributed by atoms with Gasteiger partial charge >= 0.3 is 25.7 Å². The number of hydrogen-bond donors (Lipinski definition) is 2. The van der Waals surface area contributed by atoms with E-state index in [0.717, 1.165) is 0 Å². The van der Waals surface area contributed by atoms with Gasteiger partial charge in [0.25, 0.3) is 0 Å². The molecule has 0 radical (unpaired) electrons. The Hall–Kier alpha value is -4.71. The van der Waals surface area contributed by atoms with Gasteiger partial charge in [0.15, 0.2) is 18.0 Å². The van der Waals surface area contributed by atoms with Gasteiger partial charge in [-0.2, -0.15) is 15.4 Å². The summed E-state index contributed by atoms with van der Waals surface area (Å²) in [6, 6.07) is 11.7. The zero-order valence-electron chi connectivity index (χ0n) is 31.0. The summed E-state index contributed by atoms with van der Waals surface area (Å²) in [4.78, 5) is 43.3. The number of hydrogen-bond acceptors (Lipinski definition) is 18. The van der Waals surface area contributed by atoms with Crippen molar-refractivity contribution < 1.29 is 65.9 Å². The van der Waals surface area contributed by atoms with Crippen molar-refractivity contribution in [3.8, 4) is 11.8 Å². The van der Waals surface area contributed by atoms with Crippen molar-refractivity contribution in [1.82, 2.24) is 19.7 Å². The van der Waals surface area contributed by atoms with Gasteiger partial charge in [-0.25, -0.2) is 23.7 Å². The number of ether oxygens (including phenoxy) is 8. The molecule has 1 saturated heterocycles. The van der Waals surface area contributed by atoms with Crippen molar-refractivity contribution in [3.63, 3.8) is 0 Å². The van der Waals surface area contributed by atoms with Crippen molar-refractivity contribution >= 4 is 37.0 Å². The van der Waals surface area contributed by atoms with E-state index >= 15 is 0 Å². The molecular formula is C34H45N6O14P. The van der Waals surface area contributed by atoms with E-state index in [1.54, 1.807) is 38.1 Å². The highest BCUT2D eigenvalue weighted by Gasteiger charge is 2.62. The largest absolute Gasteiger partial charge is 0.462 e. The summed E-state index contributed by atoms with van der Waals surface area (Å²) in [6.45, 7) is 2.99. The second kappa shape index (κ2) is 20.3. The van der Waals surface area contributed by atoms with E-state index in [4.69, 9.17) is 52.7 Å². The van der Waals surface area contributed by atoms with Crippen LogP contribution in [0.25, 0.3) is 5.52 Å². The number of benzene rings is 1. The maximum Gasteiger partial charge on any atom is 0.459 e. The fraction of sp³-hybridized carbons (Fsp3) is 0.529. The molecule has 0 amide bonds. The number of anilines is 1.